The van der Waals surface area contributed by atoms with Crippen molar-refractivity contribution in [1.82, 2.24) is 0 Å². The lowest BCUT2D eigenvalue weighted by atomic mass is 9.72. The number of nitrogens with one attached hydrogen (secondary N) is 2. The maximum Gasteiger partial charge on any atom is 0.0886 e. The van der Waals surface area contributed by atoms with Crippen LogP contribution in [0.25, 0.3) is 0 Å². The molecular formula is C19H40N2O+2. The van der Waals surface area contributed by atoms with Crippen LogP contribution in [0.2, 0.25) is 0 Å². The molecule has 1 aliphatic heterocycles. The van der Waals surface area contributed by atoms with E-state index in [0.29, 0.717) is 5.41 Å². The zero-order valence-corrected chi connectivity index (χ0v) is 15.8. The van der Waals surface area contributed by atoms with Gasteiger partial charge in [0.15, 0.2) is 0 Å². The van der Waals surface area contributed by atoms with Crippen molar-refractivity contribution < 1.29 is 14.5 Å². The molecule has 1 saturated heterocycles. The van der Waals surface area contributed by atoms with Gasteiger partial charge in [0.25, 0.3) is 0 Å². The highest BCUT2D eigenvalue weighted by atomic mass is 16.5. The molecular weight excluding hydrogens is 272 g/mol. The maximum absolute atomic E-state index is 6.04. The van der Waals surface area contributed by atoms with Crippen molar-refractivity contribution in [3.63, 3.8) is 0 Å². The van der Waals surface area contributed by atoms with Crippen molar-refractivity contribution in [2.24, 2.45) is 5.41 Å². The number of hydrogen-bond donors (Lipinski definition) is 2. The van der Waals surface area contributed by atoms with Crippen LogP contribution in [0.3, 0.4) is 0 Å². The van der Waals surface area contributed by atoms with Crippen molar-refractivity contribution in [2.45, 2.75) is 77.4 Å². The minimum atomic E-state index is 0.0547. The summed E-state index contributed by atoms with van der Waals surface area (Å²) in [7, 11) is 4.63. The third-order valence-electron chi connectivity index (χ3n) is 5.89. The number of rotatable bonds is 6. The van der Waals surface area contributed by atoms with E-state index in [4.69, 9.17) is 4.74 Å². The molecule has 0 spiro atoms. The first-order valence-electron chi connectivity index (χ1n) is 9.63. The van der Waals surface area contributed by atoms with Crippen LogP contribution in [0, 0.1) is 5.41 Å². The molecule has 1 heterocycles. The zero-order valence-electron chi connectivity index (χ0n) is 15.8. The smallest absolute Gasteiger partial charge is 0.0886 e. The first kappa shape index (κ1) is 18.2. The van der Waals surface area contributed by atoms with Gasteiger partial charge in [-0.05, 0) is 59.3 Å². The molecule has 2 aliphatic rings. The first-order valence-corrected chi connectivity index (χ1v) is 9.63. The summed E-state index contributed by atoms with van der Waals surface area (Å²) in [5.74, 6) is 0. The molecule has 0 bridgehead atoms. The minimum absolute atomic E-state index is 0.0547. The average Bonchev–Trinajstić information content (AvgIpc) is 2.44. The van der Waals surface area contributed by atoms with Crippen LogP contribution in [0.5, 0.6) is 0 Å². The molecule has 0 aromatic carbocycles. The molecule has 0 radical (unpaired) electrons. The quantitative estimate of drug-likeness (QED) is 0.747. The predicted molar refractivity (Wildman–Crippen MR) is 92.6 cm³/mol. The summed E-state index contributed by atoms with van der Waals surface area (Å²) in [5.41, 5.74) is 0.516. The molecule has 130 valence electrons. The Kier molecular flexibility index (Phi) is 6.32. The summed E-state index contributed by atoms with van der Waals surface area (Å²) in [4.78, 5) is 3.47. The summed E-state index contributed by atoms with van der Waals surface area (Å²) < 4.78 is 6.04. The normalized spacial score (nSPS) is 31.4. The molecule has 1 unspecified atom stereocenters. The third kappa shape index (κ3) is 4.94. The summed E-state index contributed by atoms with van der Waals surface area (Å²) >= 11 is 0. The Balaban J connectivity index is 2.10. The number of hydrogen-bond acceptors (Lipinski definition) is 1. The van der Waals surface area contributed by atoms with Crippen LogP contribution in [0.4, 0.5) is 0 Å². The van der Waals surface area contributed by atoms with Gasteiger partial charge < -0.3 is 14.5 Å². The largest absolute Gasteiger partial charge is 0.376 e. The Morgan fingerprint density at radius 1 is 1.05 bits per heavy atom. The van der Waals surface area contributed by atoms with Crippen molar-refractivity contribution in [3.05, 3.63) is 0 Å². The van der Waals surface area contributed by atoms with Gasteiger partial charge in [-0.25, -0.2) is 0 Å². The highest BCUT2D eigenvalue weighted by molar-refractivity contribution is 4.90. The van der Waals surface area contributed by atoms with Crippen molar-refractivity contribution >= 4 is 0 Å². The molecule has 2 rings (SSSR count). The highest BCUT2D eigenvalue weighted by Gasteiger charge is 2.46. The van der Waals surface area contributed by atoms with Crippen molar-refractivity contribution in [3.8, 4) is 0 Å². The van der Waals surface area contributed by atoms with Gasteiger partial charge in [-0.15, -0.1) is 0 Å². The molecule has 2 fully saturated rings. The Bertz CT molecular complexity index is 336. The minimum Gasteiger partial charge on any atom is -0.376 e. The van der Waals surface area contributed by atoms with Crippen molar-refractivity contribution in [2.75, 3.05) is 40.3 Å². The van der Waals surface area contributed by atoms with E-state index in [1.165, 1.54) is 64.6 Å². The summed E-state index contributed by atoms with van der Waals surface area (Å²) in [6, 6.07) is 0.916. The van der Waals surface area contributed by atoms with E-state index in [1.807, 2.05) is 4.90 Å². The Morgan fingerprint density at radius 3 is 2.27 bits per heavy atom. The molecule has 2 N–H and O–H groups in total. The molecule has 3 heteroatoms. The van der Waals surface area contributed by atoms with E-state index >= 15 is 0 Å². The lowest BCUT2D eigenvalue weighted by molar-refractivity contribution is -0.940. The molecule has 1 aliphatic carbocycles. The second-order valence-corrected chi connectivity index (χ2v) is 8.94. The van der Waals surface area contributed by atoms with E-state index in [1.54, 1.807) is 4.90 Å². The molecule has 1 saturated carbocycles. The van der Waals surface area contributed by atoms with Gasteiger partial charge in [0.1, 0.15) is 0 Å². The second-order valence-electron chi connectivity index (χ2n) is 8.94. The SMILES string of the molecule is CC[NH+](C[C@]1(C[NH+](C)C)CCOC(C)(C)C1)C1CCCCC1. The Morgan fingerprint density at radius 2 is 1.73 bits per heavy atom. The van der Waals surface area contributed by atoms with Gasteiger partial charge in [0.05, 0.1) is 50.8 Å². The fourth-order valence-corrected chi connectivity index (χ4v) is 5.25. The topological polar surface area (TPSA) is 18.1 Å². The summed E-state index contributed by atoms with van der Waals surface area (Å²) in [6.45, 7) is 11.8. The fourth-order valence-electron chi connectivity index (χ4n) is 5.25. The molecule has 0 amide bonds. The fraction of sp³-hybridized carbons (Fsp3) is 1.00. The standard InChI is InChI=1S/C19H38N2O/c1-6-21(17-10-8-7-9-11-17)16-19(15-20(4)5)12-13-22-18(2,3)14-19/h17H,6-16H2,1-5H3/p+2/t19-/m1/s1. The Labute approximate surface area is 138 Å². The van der Waals surface area contributed by atoms with E-state index in [-0.39, 0.29) is 5.60 Å². The molecule has 0 aromatic rings. The van der Waals surface area contributed by atoms with E-state index < -0.39 is 0 Å². The summed E-state index contributed by atoms with van der Waals surface area (Å²) in [5, 5.41) is 0. The van der Waals surface area contributed by atoms with E-state index in [9.17, 15) is 0 Å². The third-order valence-corrected chi connectivity index (χ3v) is 5.89. The molecule has 2 atom stereocenters. The highest BCUT2D eigenvalue weighted by Crippen LogP contribution is 2.37. The van der Waals surface area contributed by atoms with Crippen LogP contribution in [0.1, 0.15) is 65.7 Å². The number of quaternary nitrogens is 2. The molecule has 0 aromatic heterocycles. The van der Waals surface area contributed by atoms with Crippen LogP contribution < -0.4 is 9.80 Å². The van der Waals surface area contributed by atoms with Crippen LogP contribution >= 0.6 is 0 Å². The van der Waals surface area contributed by atoms with Crippen LogP contribution in [-0.4, -0.2) is 52.0 Å². The first-order chi connectivity index (χ1) is 10.4. The average molecular weight is 313 g/mol. The summed E-state index contributed by atoms with van der Waals surface area (Å²) in [6.07, 6.45) is 9.74. The monoisotopic (exact) mass is 312 g/mol. The molecule has 22 heavy (non-hydrogen) atoms. The van der Waals surface area contributed by atoms with E-state index in [2.05, 4.69) is 34.9 Å². The zero-order chi connectivity index (χ0) is 16.2. The van der Waals surface area contributed by atoms with Gasteiger partial charge in [-0.3, -0.25) is 0 Å². The van der Waals surface area contributed by atoms with Gasteiger partial charge in [-0.2, -0.15) is 0 Å². The van der Waals surface area contributed by atoms with Crippen LogP contribution in [-0.2, 0) is 4.74 Å². The van der Waals surface area contributed by atoms with Gasteiger partial charge in [-0.1, -0.05) is 6.42 Å². The van der Waals surface area contributed by atoms with E-state index in [0.717, 1.165) is 12.6 Å². The van der Waals surface area contributed by atoms with Gasteiger partial charge in [0, 0.05) is 6.61 Å². The predicted octanol–water partition coefficient (Wildman–Crippen LogP) is 0.944. The van der Waals surface area contributed by atoms with Crippen molar-refractivity contribution in [1.29, 1.82) is 0 Å². The van der Waals surface area contributed by atoms with Gasteiger partial charge in [0.2, 0.25) is 0 Å². The Hall–Kier alpha value is -0.120. The maximum atomic E-state index is 6.04. The second kappa shape index (κ2) is 7.63. The molecule has 3 nitrogen and oxygen atoms in total. The number of ether oxygens (including phenoxy) is 1. The van der Waals surface area contributed by atoms with Gasteiger partial charge >= 0.3 is 0 Å². The van der Waals surface area contributed by atoms with Crippen LogP contribution in [0.15, 0.2) is 0 Å². The lowest BCUT2D eigenvalue weighted by Gasteiger charge is -2.46. The lowest BCUT2D eigenvalue weighted by Crippen LogP contribution is -3.18.